The highest BCUT2D eigenvalue weighted by molar-refractivity contribution is 7.90. The molecule has 4 aromatic rings. The van der Waals surface area contributed by atoms with Gasteiger partial charge in [0.1, 0.15) is 0 Å². The second-order valence-electron chi connectivity index (χ2n) is 11.6. The topological polar surface area (TPSA) is 93.5 Å². The molecule has 7 nitrogen and oxygen atoms in total. The lowest BCUT2D eigenvalue weighted by atomic mass is 9.83. The van der Waals surface area contributed by atoms with Gasteiger partial charge < -0.3 is 0 Å². The number of sulfonamides is 1. The van der Waals surface area contributed by atoms with Gasteiger partial charge in [-0.15, -0.1) is 0 Å². The number of ketones is 1. The molecule has 2 fully saturated rings. The van der Waals surface area contributed by atoms with Gasteiger partial charge in [-0.05, 0) is 68.7 Å². The van der Waals surface area contributed by atoms with E-state index in [1.165, 1.54) is 8.28 Å². The number of hydrogen-bond acceptors (Lipinski definition) is 5. The number of para-hydroxylation sites is 1. The number of carbonyl (C=O) groups is 1. The average molecular weight is 587 g/mol. The summed E-state index contributed by atoms with van der Waals surface area (Å²) < 4.78 is 59.5. The average Bonchev–Trinajstić information content (AvgIpc) is 3.34. The van der Waals surface area contributed by atoms with E-state index in [4.69, 9.17) is 0 Å². The van der Waals surface area contributed by atoms with Crippen molar-refractivity contribution in [3.8, 4) is 0 Å². The molecule has 2 aliphatic carbocycles. The smallest absolute Gasteiger partial charge is 0.268 e. The minimum atomic E-state index is -4.06. The molecule has 1 aromatic heterocycles. The van der Waals surface area contributed by atoms with E-state index >= 15 is 0 Å². The maximum atomic E-state index is 14.4. The van der Waals surface area contributed by atoms with Gasteiger partial charge in [0.25, 0.3) is 10.0 Å². The zero-order valence-electron chi connectivity index (χ0n) is 22.8. The van der Waals surface area contributed by atoms with E-state index in [9.17, 15) is 21.6 Å². The van der Waals surface area contributed by atoms with E-state index in [-0.39, 0.29) is 41.0 Å². The number of piperidine rings is 1. The lowest BCUT2D eigenvalue weighted by molar-refractivity contribution is -0.115. The Labute approximate surface area is 240 Å². The number of carbonyl (C=O) groups excluding carboxylic acids is 1. The van der Waals surface area contributed by atoms with E-state index in [1.54, 1.807) is 66.7 Å². The molecule has 1 saturated heterocycles. The number of hydrogen-bond donors (Lipinski definition) is 0. The van der Waals surface area contributed by atoms with Crippen LogP contribution in [0.25, 0.3) is 10.9 Å². The fraction of sp³-hybridized carbons (Fsp3) is 0.281. The first-order valence-electron chi connectivity index (χ1n) is 13.7. The molecule has 1 saturated carbocycles. The van der Waals surface area contributed by atoms with Crippen LogP contribution in [0.1, 0.15) is 29.7 Å². The Bertz CT molecular complexity index is 1980. The number of nitrogens with zero attached hydrogens (tertiary/aromatic N) is 2. The van der Waals surface area contributed by atoms with Crippen molar-refractivity contribution >= 4 is 36.7 Å². The van der Waals surface area contributed by atoms with Gasteiger partial charge in [-0.2, -0.15) is 4.31 Å². The van der Waals surface area contributed by atoms with Gasteiger partial charge in [0.2, 0.25) is 10.0 Å². The van der Waals surface area contributed by atoms with Gasteiger partial charge in [0.15, 0.2) is 5.78 Å². The summed E-state index contributed by atoms with van der Waals surface area (Å²) in [5, 5.41) is 0.750. The van der Waals surface area contributed by atoms with Crippen LogP contribution in [0.15, 0.2) is 101 Å². The Kier molecular flexibility index (Phi) is 5.62. The van der Waals surface area contributed by atoms with Crippen LogP contribution in [0.2, 0.25) is 0 Å². The van der Waals surface area contributed by atoms with Crippen LogP contribution in [0.4, 0.5) is 0 Å². The molecule has 0 bridgehead atoms. The molecule has 3 aliphatic rings. The SMILES string of the molecule is Cc1ccc(S(=O)(=O)N2CC[C@@]34C=CC(=O)C[C@H]3[C@]4(c3cc4ccccc4n3S(=O)(=O)c3ccc(C)cc3)C2)cc1. The molecule has 1 spiro atoms. The van der Waals surface area contributed by atoms with Gasteiger partial charge in [0.05, 0.1) is 15.3 Å². The van der Waals surface area contributed by atoms with Crippen molar-refractivity contribution < 1.29 is 21.6 Å². The second kappa shape index (κ2) is 8.74. The highest BCUT2D eigenvalue weighted by atomic mass is 32.2. The first-order chi connectivity index (χ1) is 19.5. The van der Waals surface area contributed by atoms with Gasteiger partial charge in [0, 0.05) is 41.4 Å². The Morgan fingerprint density at radius 3 is 2.07 bits per heavy atom. The normalized spacial score (nSPS) is 26.1. The lowest BCUT2D eigenvalue weighted by Gasteiger charge is -2.36. The summed E-state index contributed by atoms with van der Waals surface area (Å²) in [6.07, 6.45) is 4.28. The van der Waals surface area contributed by atoms with Crippen LogP contribution in [-0.2, 0) is 30.3 Å². The van der Waals surface area contributed by atoms with Crippen LogP contribution < -0.4 is 0 Å². The van der Waals surface area contributed by atoms with Gasteiger partial charge in [-0.25, -0.2) is 20.8 Å². The van der Waals surface area contributed by atoms with Crippen LogP contribution in [0, 0.1) is 25.2 Å². The monoisotopic (exact) mass is 586 g/mol. The minimum Gasteiger partial charge on any atom is -0.295 e. The molecule has 0 N–H and O–H groups in total. The molecule has 0 radical (unpaired) electrons. The Hall–Kier alpha value is -3.53. The number of benzene rings is 3. The zero-order valence-corrected chi connectivity index (χ0v) is 24.5. The summed E-state index contributed by atoms with van der Waals surface area (Å²) in [5.41, 5.74) is 1.58. The largest absolute Gasteiger partial charge is 0.295 e. The Morgan fingerprint density at radius 2 is 1.41 bits per heavy atom. The second-order valence-corrected chi connectivity index (χ2v) is 15.4. The Morgan fingerprint density at radius 1 is 0.805 bits per heavy atom. The molecule has 0 amide bonds. The van der Waals surface area contributed by atoms with Gasteiger partial charge >= 0.3 is 0 Å². The van der Waals surface area contributed by atoms with E-state index in [2.05, 4.69) is 0 Å². The summed E-state index contributed by atoms with van der Waals surface area (Å²) in [6, 6.07) is 22.8. The number of aryl methyl sites for hydroxylation is 2. The van der Waals surface area contributed by atoms with Crippen molar-refractivity contribution in [2.24, 2.45) is 11.3 Å². The predicted octanol–water partition coefficient (Wildman–Crippen LogP) is 4.97. The number of rotatable bonds is 5. The third-order valence-electron chi connectivity index (χ3n) is 9.48. The maximum absolute atomic E-state index is 14.4. The van der Waals surface area contributed by atoms with E-state index in [1.807, 2.05) is 38.1 Å². The maximum Gasteiger partial charge on any atom is 0.268 e. The highest BCUT2D eigenvalue weighted by Gasteiger charge is 2.79. The molecule has 210 valence electrons. The van der Waals surface area contributed by atoms with Crippen molar-refractivity contribution in [3.63, 3.8) is 0 Å². The summed E-state index contributed by atoms with van der Waals surface area (Å²) in [5.74, 6) is -0.228. The molecule has 1 aliphatic heterocycles. The number of aromatic nitrogens is 1. The van der Waals surface area contributed by atoms with Crippen molar-refractivity contribution in [1.29, 1.82) is 0 Å². The molecule has 2 heterocycles. The summed E-state index contributed by atoms with van der Waals surface area (Å²) in [7, 11) is -7.92. The predicted molar refractivity (Wildman–Crippen MR) is 157 cm³/mol. The fourth-order valence-electron chi connectivity index (χ4n) is 7.33. The first-order valence-corrected chi connectivity index (χ1v) is 16.6. The quantitative estimate of drug-likeness (QED) is 0.329. The molecular formula is C32H30N2O5S2. The standard InChI is InChI=1S/C32H30N2O5S2/c1-22-7-11-26(12-8-22)40(36,37)33-18-17-31-16-15-25(35)20-29(31)32(31,21-33)30-19-24-5-3-4-6-28(24)34(30)41(38,39)27-13-9-23(2)10-14-27/h3-16,19,29H,17-18,20-21H2,1-2H3/t29-,31+,32+/m1/s1. The van der Waals surface area contributed by atoms with E-state index < -0.39 is 30.9 Å². The fourth-order valence-corrected chi connectivity index (χ4v) is 10.4. The van der Waals surface area contributed by atoms with Gasteiger partial charge in [-0.1, -0.05) is 59.7 Å². The summed E-state index contributed by atoms with van der Waals surface area (Å²) in [4.78, 5) is 13.1. The molecule has 9 heteroatoms. The van der Waals surface area contributed by atoms with Gasteiger partial charge in [-0.3, -0.25) is 4.79 Å². The summed E-state index contributed by atoms with van der Waals surface area (Å²) in [6.45, 7) is 4.18. The minimum absolute atomic E-state index is 0.0219. The molecule has 41 heavy (non-hydrogen) atoms. The highest BCUT2D eigenvalue weighted by Crippen LogP contribution is 2.77. The third-order valence-corrected chi connectivity index (χ3v) is 13.1. The Balaban J connectivity index is 1.45. The lowest BCUT2D eigenvalue weighted by Crippen LogP contribution is -2.46. The summed E-state index contributed by atoms with van der Waals surface area (Å²) >= 11 is 0. The van der Waals surface area contributed by atoms with Crippen molar-refractivity contribution in [3.05, 3.63) is 108 Å². The van der Waals surface area contributed by atoms with Crippen LogP contribution >= 0.6 is 0 Å². The number of allylic oxidation sites excluding steroid dienone is 2. The van der Waals surface area contributed by atoms with Crippen LogP contribution in [0.5, 0.6) is 0 Å². The van der Waals surface area contributed by atoms with Crippen molar-refractivity contribution in [2.75, 3.05) is 13.1 Å². The molecular weight excluding hydrogens is 556 g/mol. The van der Waals surface area contributed by atoms with Crippen LogP contribution in [-0.4, -0.2) is 44.0 Å². The number of fused-ring (bicyclic) bond motifs is 2. The first kappa shape index (κ1) is 26.4. The molecule has 3 aromatic carbocycles. The molecule has 7 rings (SSSR count). The third kappa shape index (κ3) is 3.62. The molecule has 0 unspecified atom stereocenters. The van der Waals surface area contributed by atoms with Crippen LogP contribution in [0.3, 0.4) is 0 Å². The van der Waals surface area contributed by atoms with E-state index in [0.29, 0.717) is 17.6 Å². The van der Waals surface area contributed by atoms with E-state index in [0.717, 1.165) is 16.5 Å². The molecule has 3 atom stereocenters. The zero-order chi connectivity index (χ0) is 28.8. The van der Waals surface area contributed by atoms with Crippen molar-refractivity contribution in [1.82, 2.24) is 8.28 Å². The van der Waals surface area contributed by atoms with Crippen molar-refractivity contribution in [2.45, 2.75) is 41.9 Å².